The standard InChI is InChI=1S/C23H30N8O2/c1-13(23(33)31-11-14(12-31)29(2)3)26-22(32)16-9-24-21-20(16)27-17(10-25-21)19-15-7-5-6-8-18(15)30(4)28-19/h9-10,13-14H,5-8,11-12H2,1-4H3,(H,24,25)(H,26,32). The van der Waals surface area contributed by atoms with Gasteiger partial charge in [-0.15, -0.1) is 0 Å². The monoisotopic (exact) mass is 450 g/mol. The summed E-state index contributed by atoms with van der Waals surface area (Å²) in [5.41, 5.74) is 5.36. The van der Waals surface area contributed by atoms with E-state index in [4.69, 9.17) is 10.1 Å². The molecule has 5 rings (SSSR count). The Morgan fingerprint density at radius 2 is 2.00 bits per heavy atom. The Morgan fingerprint density at radius 1 is 1.24 bits per heavy atom. The molecule has 1 unspecified atom stereocenters. The summed E-state index contributed by atoms with van der Waals surface area (Å²) in [6.07, 6.45) is 7.60. The van der Waals surface area contributed by atoms with Gasteiger partial charge in [0.25, 0.3) is 5.91 Å². The topological polar surface area (TPSA) is 112 Å². The average molecular weight is 451 g/mol. The third-order valence-corrected chi connectivity index (χ3v) is 6.86. The molecule has 3 aromatic heterocycles. The fourth-order valence-electron chi connectivity index (χ4n) is 4.73. The quantitative estimate of drug-likeness (QED) is 0.603. The van der Waals surface area contributed by atoms with Gasteiger partial charge in [-0.25, -0.2) is 9.97 Å². The van der Waals surface area contributed by atoms with Gasteiger partial charge in [0, 0.05) is 43.6 Å². The molecule has 0 aromatic carbocycles. The van der Waals surface area contributed by atoms with Gasteiger partial charge in [-0.3, -0.25) is 14.3 Å². The van der Waals surface area contributed by atoms with Crippen LogP contribution >= 0.6 is 0 Å². The number of fused-ring (bicyclic) bond motifs is 2. The molecule has 10 heteroatoms. The minimum Gasteiger partial charge on any atom is -0.344 e. The molecule has 0 radical (unpaired) electrons. The fraction of sp³-hybridized carbons (Fsp3) is 0.522. The summed E-state index contributed by atoms with van der Waals surface area (Å²) in [6.45, 7) is 3.08. The molecule has 2 aliphatic rings. The summed E-state index contributed by atoms with van der Waals surface area (Å²) in [4.78, 5) is 41.8. The maximum Gasteiger partial charge on any atom is 0.255 e. The second-order valence-electron chi connectivity index (χ2n) is 9.32. The van der Waals surface area contributed by atoms with E-state index in [-0.39, 0.29) is 11.8 Å². The molecular weight excluding hydrogens is 420 g/mol. The van der Waals surface area contributed by atoms with Gasteiger partial charge in [0.1, 0.15) is 22.9 Å². The van der Waals surface area contributed by atoms with E-state index in [1.165, 1.54) is 17.7 Å². The predicted octanol–water partition coefficient (Wildman–Crippen LogP) is 1.13. The molecule has 1 saturated heterocycles. The molecule has 4 heterocycles. The van der Waals surface area contributed by atoms with E-state index in [1.807, 2.05) is 25.8 Å². The summed E-state index contributed by atoms with van der Waals surface area (Å²) in [7, 11) is 5.97. The number of amides is 2. The predicted molar refractivity (Wildman–Crippen MR) is 124 cm³/mol. The van der Waals surface area contributed by atoms with Crippen molar-refractivity contribution in [3.63, 3.8) is 0 Å². The Morgan fingerprint density at radius 3 is 2.76 bits per heavy atom. The molecule has 1 fully saturated rings. The summed E-state index contributed by atoms with van der Waals surface area (Å²) >= 11 is 0. The van der Waals surface area contributed by atoms with Crippen molar-refractivity contribution in [2.45, 2.75) is 44.7 Å². The maximum absolute atomic E-state index is 13.0. The van der Waals surface area contributed by atoms with Crippen LogP contribution in [0, 0.1) is 0 Å². The van der Waals surface area contributed by atoms with Crippen LogP contribution in [-0.4, -0.2) is 85.6 Å². The summed E-state index contributed by atoms with van der Waals surface area (Å²) in [6, 6.07) is -0.249. The zero-order valence-corrected chi connectivity index (χ0v) is 19.6. The van der Waals surface area contributed by atoms with Gasteiger partial charge in [0.15, 0.2) is 5.65 Å². The molecule has 0 spiro atoms. The van der Waals surface area contributed by atoms with Crippen LogP contribution in [-0.2, 0) is 24.7 Å². The lowest BCUT2D eigenvalue weighted by atomic mass is 9.95. The Kier molecular flexibility index (Phi) is 5.40. The van der Waals surface area contributed by atoms with E-state index in [1.54, 1.807) is 24.2 Å². The highest BCUT2D eigenvalue weighted by Crippen LogP contribution is 2.30. The van der Waals surface area contributed by atoms with Crippen LogP contribution in [0.3, 0.4) is 0 Å². The summed E-state index contributed by atoms with van der Waals surface area (Å²) < 4.78 is 1.93. The van der Waals surface area contributed by atoms with Crippen LogP contribution in [0.4, 0.5) is 0 Å². The molecule has 2 N–H and O–H groups in total. The first-order valence-electron chi connectivity index (χ1n) is 11.5. The van der Waals surface area contributed by atoms with Crippen LogP contribution in [0.2, 0.25) is 0 Å². The highest BCUT2D eigenvalue weighted by Gasteiger charge is 2.34. The van der Waals surface area contributed by atoms with Crippen molar-refractivity contribution in [1.82, 2.24) is 39.8 Å². The van der Waals surface area contributed by atoms with E-state index in [9.17, 15) is 9.59 Å². The molecule has 3 aromatic rings. The van der Waals surface area contributed by atoms with Gasteiger partial charge in [0.05, 0.1) is 11.8 Å². The Bertz CT molecular complexity index is 1220. The average Bonchev–Trinajstić information content (AvgIpc) is 3.33. The normalized spacial score (nSPS) is 17.2. The smallest absolute Gasteiger partial charge is 0.255 e. The molecule has 174 valence electrons. The van der Waals surface area contributed by atoms with E-state index in [2.05, 4.69) is 20.2 Å². The first-order chi connectivity index (χ1) is 15.8. The fourth-order valence-corrected chi connectivity index (χ4v) is 4.73. The van der Waals surface area contributed by atoms with Crippen LogP contribution < -0.4 is 5.32 Å². The first-order valence-corrected chi connectivity index (χ1v) is 11.5. The minimum absolute atomic E-state index is 0.0758. The molecule has 1 aliphatic carbocycles. The van der Waals surface area contributed by atoms with Gasteiger partial charge in [0.2, 0.25) is 5.91 Å². The number of carbonyl (C=O) groups is 2. The van der Waals surface area contributed by atoms with E-state index < -0.39 is 6.04 Å². The molecule has 0 saturated carbocycles. The molecule has 0 bridgehead atoms. The molecule has 2 amide bonds. The van der Waals surface area contributed by atoms with Gasteiger partial charge in [-0.2, -0.15) is 5.10 Å². The van der Waals surface area contributed by atoms with Crippen molar-refractivity contribution < 1.29 is 9.59 Å². The third kappa shape index (κ3) is 3.78. The zero-order chi connectivity index (χ0) is 23.3. The van der Waals surface area contributed by atoms with Crippen LogP contribution in [0.25, 0.3) is 22.6 Å². The molecule has 1 aliphatic heterocycles. The number of aromatic amines is 1. The van der Waals surface area contributed by atoms with Crippen molar-refractivity contribution >= 4 is 23.0 Å². The van der Waals surface area contributed by atoms with E-state index >= 15 is 0 Å². The number of likely N-dealkylation sites (tertiary alicyclic amines) is 1. The first kappa shape index (κ1) is 21.6. The lowest BCUT2D eigenvalue weighted by Gasteiger charge is -2.43. The molecule has 1 atom stereocenters. The number of aryl methyl sites for hydroxylation is 1. The highest BCUT2D eigenvalue weighted by molar-refractivity contribution is 6.06. The van der Waals surface area contributed by atoms with Gasteiger partial charge in [-0.1, -0.05) is 0 Å². The SMILES string of the molecule is CC(NC(=O)c1c[nH]c2ncc(-c3nn(C)c4c3CCCC4)nc12)C(=O)N1CC(N(C)C)C1. The molecular formula is C23H30N8O2. The molecule has 10 nitrogen and oxygen atoms in total. The Hall–Kier alpha value is -3.27. The zero-order valence-electron chi connectivity index (χ0n) is 19.6. The number of nitrogens with zero attached hydrogens (tertiary/aromatic N) is 6. The molecule has 33 heavy (non-hydrogen) atoms. The summed E-state index contributed by atoms with van der Waals surface area (Å²) in [5, 5.41) is 7.53. The minimum atomic E-state index is -0.621. The van der Waals surface area contributed by atoms with Crippen LogP contribution in [0.15, 0.2) is 12.4 Å². The largest absolute Gasteiger partial charge is 0.344 e. The van der Waals surface area contributed by atoms with E-state index in [0.29, 0.717) is 41.6 Å². The number of aromatic nitrogens is 5. The van der Waals surface area contributed by atoms with Gasteiger partial charge >= 0.3 is 0 Å². The lowest BCUT2D eigenvalue weighted by molar-refractivity contribution is -0.139. The number of hydrogen-bond donors (Lipinski definition) is 2. The number of nitrogens with one attached hydrogen (secondary N) is 2. The van der Waals surface area contributed by atoms with Gasteiger partial charge < -0.3 is 20.1 Å². The third-order valence-electron chi connectivity index (χ3n) is 6.86. The van der Waals surface area contributed by atoms with Crippen molar-refractivity contribution in [2.24, 2.45) is 7.05 Å². The van der Waals surface area contributed by atoms with Crippen LogP contribution in [0.1, 0.15) is 41.4 Å². The Labute approximate surface area is 192 Å². The number of carbonyl (C=O) groups excluding carboxylic acids is 2. The van der Waals surface area contributed by atoms with Crippen molar-refractivity contribution in [3.8, 4) is 11.4 Å². The Balaban J connectivity index is 1.36. The maximum atomic E-state index is 13.0. The van der Waals surface area contributed by atoms with Crippen molar-refractivity contribution in [1.29, 1.82) is 0 Å². The second kappa shape index (κ2) is 8.26. The van der Waals surface area contributed by atoms with E-state index in [0.717, 1.165) is 25.0 Å². The van der Waals surface area contributed by atoms with Gasteiger partial charge in [-0.05, 0) is 46.7 Å². The number of hydrogen-bond acceptors (Lipinski definition) is 6. The number of H-pyrrole nitrogens is 1. The van der Waals surface area contributed by atoms with Crippen LogP contribution in [0.5, 0.6) is 0 Å². The summed E-state index contributed by atoms with van der Waals surface area (Å²) in [5.74, 6) is -0.422. The second-order valence-corrected chi connectivity index (χ2v) is 9.32. The lowest BCUT2D eigenvalue weighted by Crippen LogP contribution is -2.62. The highest BCUT2D eigenvalue weighted by atomic mass is 16.2. The number of likely N-dealkylation sites (N-methyl/N-ethyl adjacent to an activating group) is 1. The van der Waals surface area contributed by atoms with Crippen molar-refractivity contribution in [3.05, 3.63) is 29.2 Å². The number of rotatable bonds is 5. The van der Waals surface area contributed by atoms with Crippen molar-refractivity contribution in [2.75, 3.05) is 27.2 Å².